The van der Waals surface area contributed by atoms with Crippen LogP contribution in [0, 0.1) is 3.57 Å². The van der Waals surface area contributed by atoms with Crippen molar-refractivity contribution < 1.29 is 10.0 Å². The highest BCUT2D eigenvalue weighted by molar-refractivity contribution is 14.1. The van der Waals surface area contributed by atoms with Gasteiger partial charge >= 0.3 is 7.12 Å². The van der Waals surface area contributed by atoms with Crippen LogP contribution in [0.1, 0.15) is 0 Å². The molecule has 1 heterocycles. The minimum absolute atomic E-state index is 0.553. The van der Waals surface area contributed by atoms with Crippen LogP contribution in [0.25, 0.3) is 10.1 Å². The van der Waals surface area contributed by atoms with Crippen molar-refractivity contribution in [1.29, 1.82) is 0 Å². The predicted octanol–water partition coefficient (Wildman–Crippen LogP) is 1.47. The molecular weight excluding hydrogens is 330 g/mol. The fourth-order valence-electron chi connectivity index (χ4n) is 1.28. The van der Waals surface area contributed by atoms with Gasteiger partial charge in [-0.3, -0.25) is 0 Å². The molecule has 2 nitrogen and oxygen atoms in total. The highest BCUT2D eigenvalue weighted by atomic mass is 127. The van der Waals surface area contributed by atoms with Crippen LogP contribution >= 0.6 is 46.6 Å². The van der Waals surface area contributed by atoms with Crippen molar-refractivity contribution in [3.63, 3.8) is 0 Å². The number of hydrogen-bond donors (Lipinski definition) is 3. The quantitative estimate of drug-likeness (QED) is 0.419. The Labute approximate surface area is 105 Å². The second-order valence-electron chi connectivity index (χ2n) is 2.84. The molecule has 0 fully saturated rings. The summed E-state index contributed by atoms with van der Waals surface area (Å²) in [6, 6.07) is 3.81. The maximum Gasteiger partial charge on any atom is 0.489 e. The Hall–Kier alpha value is 0.245. The van der Waals surface area contributed by atoms with Crippen LogP contribution in [-0.4, -0.2) is 17.2 Å². The summed E-state index contributed by atoms with van der Waals surface area (Å²) in [4.78, 5) is 0.903. The van der Waals surface area contributed by atoms with E-state index in [0.29, 0.717) is 5.46 Å². The van der Waals surface area contributed by atoms with E-state index in [2.05, 4.69) is 35.2 Å². The molecule has 2 rings (SSSR count). The van der Waals surface area contributed by atoms with Crippen LogP contribution in [-0.2, 0) is 0 Å². The number of hydrogen-bond acceptors (Lipinski definition) is 4. The Morgan fingerprint density at radius 1 is 1.36 bits per heavy atom. The molecule has 0 unspecified atom stereocenters. The van der Waals surface area contributed by atoms with Crippen molar-refractivity contribution in [2.45, 2.75) is 4.90 Å². The first-order valence-corrected chi connectivity index (χ1v) is 6.26. The van der Waals surface area contributed by atoms with Gasteiger partial charge in [-0.05, 0) is 39.4 Å². The van der Waals surface area contributed by atoms with E-state index in [9.17, 15) is 0 Å². The van der Waals surface area contributed by atoms with Crippen molar-refractivity contribution in [2.24, 2.45) is 0 Å². The van der Waals surface area contributed by atoms with Crippen LogP contribution in [0.15, 0.2) is 22.4 Å². The second-order valence-corrected chi connectivity index (χ2v) is 5.33. The van der Waals surface area contributed by atoms with Crippen LogP contribution in [0.3, 0.4) is 0 Å². The third-order valence-electron chi connectivity index (χ3n) is 1.98. The third kappa shape index (κ3) is 1.69. The molecule has 0 radical (unpaired) electrons. The molecule has 1 aromatic heterocycles. The molecule has 0 saturated heterocycles. The first-order chi connectivity index (χ1) is 6.61. The Morgan fingerprint density at radius 2 is 2.07 bits per heavy atom. The molecule has 72 valence electrons. The molecule has 2 aromatic rings. The third-order valence-corrected chi connectivity index (χ3v) is 4.95. The summed E-state index contributed by atoms with van der Waals surface area (Å²) < 4.78 is 2.07. The van der Waals surface area contributed by atoms with Crippen molar-refractivity contribution in [1.82, 2.24) is 0 Å². The zero-order chi connectivity index (χ0) is 10.3. The first-order valence-electron chi connectivity index (χ1n) is 3.86. The monoisotopic (exact) mass is 336 g/mol. The summed E-state index contributed by atoms with van der Waals surface area (Å²) >= 11 is 8.07. The molecule has 0 amide bonds. The first kappa shape index (κ1) is 10.8. The number of thiophene rings is 1. The van der Waals surface area contributed by atoms with Crippen LogP contribution in [0.4, 0.5) is 0 Å². The summed E-state index contributed by atoms with van der Waals surface area (Å²) in [5, 5.41) is 20.8. The van der Waals surface area contributed by atoms with E-state index in [1.807, 2.05) is 12.1 Å². The smallest absolute Gasteiger partial charge is 0.423 e. The molecule has 0 atom stereocenters. The summed E-state index contributed by atoms with van der Waals surface area (Å²) in [6.45, 7) is 0. The van der Waals surface area contributed by atoms with Crippen LogP contribution in [0.5, 0.6) is 0 Å². The summed E-state index contributed by atoms with van der Waals surface area (Å²) in [6.07, 6.45) is 0. The molecule has 0 bridgehead atoms. The molecule has 0 aliphatic carbocycles. The molecule has 0 aliphatic rings. The lowest BCUT2D eigenvalue weighted by Crippen LogP contribution is -2.28. The molecule has 14 heavy (non-hydrogen) atoms. The van der Waals surface area contributed by atoms with E-state index in [0.717, 1.165) is 18.6 Å². The number of rotatable bonds is 1. The zero-order valence-corrected chi connectivity index (χ0v) is 10.8. The fourth-order valence-corrected chi connectivity index (χ4v) is 3.29. The average molecular weight is 336 g/mol. The maximum atomic E-state index is 9.11. The van der Waals surface area contributed by atoms with E-state index in [-0.39, 0.29) is 0 Å². The van der Waals surface area contributed by atoms with E-state index in [4.69, 9.17) is 10.0 Å². The molecule has 1 aromatic carbocycles. The normalized spacial score (nSPS) is 10.9. The van der Waals surface area contributed by atoms with Crippen molar-refractivity contribution in [2.75, 3.05) is 0 Å². The van der Waals surface area contributed by atoms with Gasteiger partial charge in [-0.1, -0.05) is 6.07 Å². The van der Waals surface area contributed by atoms with Gasteiger partial charge in [-0.25, -0.2) is 0 Å². The maximum absolute atomic E-state index is 9.11. The Kier molecular flexibility index (Phi) is 3.08. The van der Waals surface area contributed by atoms with Gasteiger partial charge in [0.25, 0.3) is 0 Å². The fraction of sp³-hybridized carbons (Fsp3) is 0. The SMILES string of the molecule is OB(O)c1csc2c(S)c(I)ccc12. The van der Waals surface area contributed by atoms with Crippen molar-refractivity contribution in [3.05, 3.63) is 21.1 Å². The highest BCUT2D eigenvalue weighted by Crippen LogP contribution is 2.30. The largest absolute Gasteiger partial charge is 0.489 e. The zero-order valence-electron chi connectivity index (χ0n) is 6.94. The molecule has 2 N–H and O–H groups in total. The molecule has 0 saturated carbocycles. The van der Waals surface area contributed by atoms with Gasteiger partial charge < -0.3 is 10.0 Å². The minimum Gasteiger partial charge on any atom is -0.423 e. The van der Waals surface area contributed by atoms with Gasteiger partial charge in [0.05, 0.1) is 0 Å². The summed E-state index contributed by atoms with van der Waals surface area (Å²) in [5.74, 6) is 0. The van der Waals surface area contributed by atoms with E-state index in [1.165, 1.54) is 11.3 Å². The minimum atomic E-state index is -1.41. The lowest BCUT2D eigenvalue weighted by atomic mass is 9.80. The van der Waals surface area contributed by atoms with Crippen molar-refractivity contribution >= 4 is 69.2 Å². The Bertz CT molecular complexity index is 483. The molecule has 0 spiro atoms. The predicted molar refractivity (Wildman–Crippen MR) is 71.6 cm³/mol. The summed E-state index contributed by atoms with van der Waals surface area (Å²) in [5.41, 5.74) is 0.553. The highest BCUT2D eigenvalue weighted by Gasteiger charge is 2.17. The van der Waals surface area contributed by atoms with Gasteiger partial charge in [-0.15, -0.1) is 24.0 Å². The molecule has 0 aliphatic heterocycles. The topological polar surface area (TPSA) is 40.5 Å². The number of thiol groups is 1. The van der Waals surface area contributed by atoms with E-state index < -0.39 is 7.12 Å². The lowest BCUT2D eigenvalue weighted by Gasteiger charge is -2.00. The van der Waals surface area contributed by atoms with Gasteiger partial charge in [0.1, 0.15) is 0 Å². The number of benzene rings is 1. The second kappa shape index (κ2) is 4.01. The number of fused-ring (bicyclic) bond motifs is 1. The Balaban J connectivity index is 2.77. The Morgan fingerprint density at radius 3 is 2.71 bits per heavy atom. The standard InChI is InChI=1S/C8H6BIO2S2/c10-6-2-1-4-5(9(11)12)3-14-8(4)7(6)13/h1-3,11-13H. The lowest BCUT2D eigenvalue weighted by molar-refractivity contribution is 0.426. The van der Waals surface area contributed by atoms with Gasteiger partial charge in [0, 0.05) is 18.6 Å². The van der Waals surface area contributed by atoms with Crippen LogP contribution < -0.4 is 5.46 Å². The van der Waals surface area contributed by atoms with Gasteiger partial charge in [0.2, 0.25) is 0 Å². The van der Waals surface area contributed by atoms with E-state index in [1.54, 1.807) is 5.38 Å². The van der Waals surface area contributed by atoms with Crippen LogP contribution in [0.2, 0.25) is 0 Å². The van der Waals surface area contributed by atoms with Gasteiger partial charge in [0.15, 0.2) is 0 Å². The van der Waals surface area contributed by atoms with Gasteiger partial charge in [-0.2, -0.15) is 0 Å². The summed E-state index contributed by atoms with van der Waals surface area (Å²) in [7, 11) is -1.41. The van der Waals surface area contributed by atoms with Crippen molar-refractivity contribution in [3.8, 4) is 0 Å². The molecule has 6 heteroatoms. The number of halogens is 1. The van der Waals surface area contributed by atoms with E-state index >= 15 is 0 Å². The molecular formula is C8H6BIO2S2. The average Bonchev–Trinajstić information content (AvgIpc) is 2.55.